The minimum absolute atomic E-state index is 0.284. The van der Waals surface area contributed by atoms with Crippen LogP contribution in [0, 0.1) is 0 Å². The normalized spacial score (nSPS) is 14.4. The fourth-order valence-electron chi connectivity index (χ4n) is 1.24. The first-order valence-electron chi connectivity index (χ1n) is 5.97. The van der Waals surface area contributed by atoms with E-state index < -0.39 is 24.1 Å². The number of hydrogen-bond donors (Lipinski definition) is 2. The average Bonchev–Trinajstić information content (AvgIpc) is 2.13. The summed E-state index contributed by atoms with van der Waals surface area (Å²) in [6, 6.07) is 0. The third-order valence-corrected chi connectivity index (χ3v) is 1.93. The summed E-state index contributed by atoms with van der Waals surface area (Å²) in [6.45, 7) is 6.73. The van der Waals surface area contributed by atoms with Crippen LogP contribution in [0.5, 0.6) is 0 Å². The maximum Gasteiger partial charge on any atom is 0.308 e. The van der Waals surface area contributed by atoms with Crippen LogP contribution in [0.2, 0.25) is 0 Å². The monoisotopic (exact) mass is 262 g/mol. The lowest BCUT2D eigenvalue weighted by molar-refractivity contribution is -0.156. The molecule has 0 saturated carbocycles. The summed E-state index contributed by atoms with van der Waals surface area (Å²) < 4.78 is 9.63. The number of aliphatic hydroxyl groups is 2. The van der Waals surface area contributed by atoms with E-state index in [0.717, 1.165) is 0 Å². The van der Waals surface area contributed by atoms with E-state index in [-0.39, 0.29) is 25.0 Å². The zero-order valence-corrected chi connectivity index (χ0v) is 11.3. The van der Waals surface area contributed by atoms with E-state index in [2.05, 4.69) is 0 Å². The lowest BCUT2D eigenvalue weighted by Crippen LogP contribution is -2.32. The SMILES string of the molecule is CC(C)OC(=O)CC(O)C(O)CC(=O)OC(C)C. The second-order valence-electron chi connectivity index (χ2n) is 4.62. The molecule has 18 heavy (non-hydrogen) atoms. The molecular formula is C12H22O6. The number of carbonyl (C=O) groups excluding carboxylic acids is 2. The van der Waals surface area contributed by atoms with Crippen molar-refractivity contribution in [1.82, 2.24) is 0 Å². The van der Waals surface area contributed by atoms with Gasteiger partial charge in [-0.05, 0) is 27.7 Å². The van der Waals surface area contributed by atoms with E-state index in [0.29, 0.717) is 0 Å². The molecule has 6 nitrogen and oxygen atoms in total. The Balaban J connectivity index is 4.06. The molecule has 0 aliphatic carbocycles. The van der Waals surface area contributed by atoms with Gasteiger partial charge in [-0.2, -0.15) is 0 Å². The lowest BCUT2D eigenvalue weighted by atomic mass is 10.1. The van der Waals surface area contributed by atoms with Crippen molar-refractivity contribution in [3.8, 4) is 0 Å². The van der Waals surface area contributed by atoms with Crippen molar-refractivity contribution in [2.75, 3.05) is 0 Å². The van der Waals surface area contributed by atoms with Gasteiger partial charge in [0.05, 0.1) is 37.3 Å². The largest absolute Gasteiger partial charge is 0.463 e. The molecule has 6 heteroatoms. The first-order chi connectivity index (χ1) is 8.22. The first kappa shape index (κ1) is 16.9. The second-order valence-corrected chi connectivity index (χ2v) is 4.62. The molecule has 0 aromatic carbocycles. The van der Waals surface area contributed by atoms with E-state index in [9.17, 15) is 19.8 Å². The Labute approximate surface area is 107 Å². The summed E-state index contributed by atoms with van der Waals surface area (Å²) in [4.78, 5) is 22.4. The second kappa shape index (κ2) is 8.05. The highest BCUT2D eigenvalue weighted by Gasteiger charge is 2.24. The Hall–Kier alpha value is -1.14. The summed E-state index contributed by atoms with van der Waals surface area (Å²) in [5.74, 6) is -1.23. The van der Waals surface area contributed by atoms with Gasteiger partial charge < -0.3 is 19.7 Å². The van der Waals surface area contributed by atoms with Crippen molar-refractivity contribution in [2.45, 2.75) is 65.0 Å². The van der Waals surface area contributed by atoms with Gasteiger partial charge in [-0.15, -0.1) is 0 Å². The fourth-order valence-corrected chi connectivity index (χ4v) is 1.24. The molecule has 0 aromatic heterocycles. The highest BCUT2D eigenvalue weighted by Crippen LogP contribution is 2.07. The molecule has 2 atom stereocenters. The third-order valence-electron chi connectivity index (χ3n) is 1.93. The summed E-state index contributed by atoms with van der Waals surface area (Å²) in [5, 5.41) is 19.1. The standard InChI is InChI=1S/C12H22O6/c1-7(2)17-11(15)5-9(13)10(14)6-12(16)18-8(3)4/h7-10,13-14H,5-6H2,1-4H3. The maximum absolute atomic E-state index is 11.2. The predicted molar refractivity (Wildman–Crippen MR) is 63.7 cm³/mol. The van der Waals surface area contributed by atoms with Gasteiger partial charge in [0, 0.05) is 0 Å². The van der Waals surface area contributed by atoms with Crippen molar-refractivity contribution < 1.29 is 29.3 Å². The van der Waals surface area contributed by atoms with Crippen molar-refractivity contribution in [2.24, 2.45) is 0 Å². The van der Waals surface area contributed by atoms with Crippen LogP contribution in [0.4, 0.5) is 0 Å². The number of rotatable bonds is 7. The molecule has 0 amide bonds. The lowest BCUT2D eigenvalue weighted by Gasteiger charge is -2.18. The van der Waals surface area contributed by atoms with E-state index in [4.69, 9.17) is 9.47 Å². The van der Waals surface area contributed by atoms with E-state index in [1.54, 1.807) is 27.7 Å². The minimum Gasteiger partial charge on any atom is -0.463 e. The van der Waals surface area contributed by atoms with Gasteiger partial charge in [0.2, 0.25) is 0 Å². The first-order valence-corrected chi connectivity index (χ1v) is 5.97. The number of esters is 2. The van der Waals surface area contributed by atoms with Gasteiger partial charge in [-0.1, -0.05) is 0 Å². The molecule has 0 radical (unpaired) electrons. The van der Waals surface area contributed by atoms with Crippen molar-refractivity contribution in [3.63, 3.8) is 0 Å². The molecule has 0 aromatic rings. The Kier molecular flexibility index (Phi) is 7.54. The molecule has 0 aliphatic heterocycles. The molecule has 0 fully saturated rings. The van der Waals surface area contributed by atoms with Gasteiger partial charge in [-0.3, -0.25) is 9.59 Å². The van der Waals surface area contributed by atoms with E-state index >= 15 is 0 Å². The molecule has 0 saturated heterocycles. The molecule has 2 unspecified atom stereocenters. The van der Waals surface area contributed by atoms with E-state index in [1.807, 2.05) is 0 Å². The molecule has 0 spiro atoms. The smallest absolute Gasteiger partial charge is 0.308 e. The van der Waals surface area contributed by atoms with Gasteiger partial charge >= 0.3 is 11.9 Å². The number of ether oxygens (including phenoxy) is 2. The molecule has 0 bridgehead atoms. The molecule has 0 aliphatic rings. The van der Waals surface area contributed by atoms with Gasteiger partial charge in [0.25, 0.3) is 0 Å². The average molecular weight is 262 g/mol. The molecule has 106 valence electrons. The van der Waals surface area contributed by atoms with Crippen molar-refractivity contribution >= 4 is 11.9 Å². The third kappa shape index (κ3) is 8.03. The van der Waals surface area contributed by atoms with Crippen LogP contribution in [0.15, 0.2) is 0 Å². The minimum atomic E-state index is -1.34. The van der Waals surface area contributed by atoms with E-state index in [1.165, 1.54) is 0 Å². The van der Waals surface area contributed by atoms with Crippen LogP contribution < -0.4 is 0 Å². The fraction of sp³-hybridized carbons (Fsp3) is 0.833. The zero-order chi connectivity index (χ0) is 14.3. The van der Waals surface area contributed by atoms with Crippen molar-refractivity contribution in [3.05, 3.63) is 0 Å². The van der Waals surface area contributed by atoms with Gasteiger partial charge in [0.1, 0.15) is 0 Å². The Bertz CT molecular complexity index is 246. The van der Waals surface area contributed by atoms with Crippen molar-refractivity contribution in [1.29, 1.82) is 0 Å². The highest BCUT2D eigenvalue weighted by atomic mass is 16.5. The molecule has 2 N–H and O–H groups in total. The molecular weight excluding hydrogens is 240 g/mol. The highest BCUT2D eigenvalue weighted by molar-refractivity contribution is 5.72. The number of carbonyl (C=O) groups is 2. The summed E-state index contributed by atoms with van der Waals surface area (Å²) >= 11 is 0. The summed E-state index contributed by atoms with van der Waals surface area (Å²) in [6.07, 6.45) is -3.95. The Morgan fingerprint density at radius 3 is 1.33 bits per heavy atom. The van der Waals surface area contributed by atoms with Crippen LogP contribution in [0.3, 0.4) is 0 Å². The van der Waals surface area contributed by atoms with Crippen LogP contribution in [0.25, 0.3) is 0 Å². The van der Waals surface area contributed by atoms with Gasteiger partial charge in [0.15, 0.2) is 0 Å². The maximum atomic E-state index is 11.2. The summed E-state index contributed by atoms with van der Waals surface area (Å²) in [7, 11) is 0. The van der Waals surface area contributed by atoms with Crippen LogP contribution in [-0.2, 0) is 19.1 Å². The quantitative estimate of drug-likeness (QED) is 0.645. The van der Waals surface area contributed by atoms with Crippen LogP contribution >= 0.6 is 0 Å². The van der Waals surface area contributed by atoms with Gasteiger partial charge in [-0.25, -0.2) is 0 Å². The predicted octanol–water partition coefficient (Wildman–Crippen LogP) is 0.392. The summed E-state index contributed by atoms with van der Waals surface area (Å²) in [5.41, 5.74) is 0. The Morgan fingerprint density at radius 2 is 1.11 bits per heavy atom. The van der Waals surface area contributed by atoms with Crippen LogP contribution in [-0.4, -0.2) is 46.6 Å². The number of aliphatic hydroxyl groups excluding tert-OH is 2. The number of hydrogen-bond acceptors (Lipinski definition) is 6. The molecule has 0 heterocycles. The van der Waals surface area contributed by atoms with Crippen LogP contribution in [0.1, 0.15) is 40.5 Å². The molecule has 0 rings (SSSR count). The Morgan fingerprint density at radius 1 is 0.833 bits per heavy atom. The zero-order valence-electron chi connectivity index (χ0n) is 11.3. The topological polar surface area (TPSA) is 93.1 Å².